The van der Waals surface area contributed by atoms with Gasteiger partial charge in [0.2, 0.25) is 0 Å². The van der Waals surface area contributed by atoms with Gasteiger partial charge in [-0.3, -0.25) is 9.88 Å². The first-order chi connectivity index (χ1) is 22.0. The smallest absolute Gasteiger partial charge is 0.319 e. The van der Waals surface area contributed by atoms with E-state index in [0.29, 0.717) is 35.5 Å². The van der Waals surface area contributed by atoms with Gasteiger partial charge in [0, 0.05) is 62.0 Å². The molecular weight excluding hydrogens is 571 g/mol. The summed E-state index contributed by atoms with van der Waals surface area (Å²) in [5, 5.41) is 16.8. The minimum atomic E-state index is -0.504. The van der Waals surface area contributed by atoms with E-state index in [0.717, 1.165) is 102 Å². The van der Waals surface area contributed by atoms with Gasteiger partial charge in [0.1, 0.15) is 22.8 Å². The maximum atomic E-state index is 16.9. The molecule has 45 heavy (non-hydrogen) atoms. The first-order valence-corrected chi connectivity index (χ1v) is 16.6. The molecule has 0 radical (unpaired) electrons. The average Bonchev–Trinajstić information content (AvgIpc) is 3.48. The van der Waals surface area contributed by atoms with Crippen LogP contribution in [0.3, 0.4) is 0 Å². The highest BCUT2D eigenvalue weighted by atomic mass is 19.1. The Morgan fingerprint density at radius 2 is 1.89 bits per heavy atom. The number of benzene rings is 2. The maximum absolute atomic E-state index is 16.9. The standard InChI is InChI=1S/C35H39FN6O3/c36-30-31(27-15-25(43)14-22-5-4-21-2-1-3-26(21)29(22)27)37-16-28-32(30)39-34(40-33(28)42-17-23-6-7-24(18-42)38-23)45-20-35(8-9-35)19-41-10-12-44-13-11-41/h4-5,14-16,23-24,38,43H,1-3,6-13,17-20H2/t23-,24+. The molecule has 10 heteroatoms. The second-order valence-electron chi connectivity index (χ2n) is 13.9. The summed E-state index contributed by atoms with van der Waals surface area (Å²) in [6, 6.07) is 8.55. The highest BCUT2D eigenvalue weighted by Crippen LogP contribution is 2.47. The lowest BCUT2D eigenvalue weighted by Crippen LogP contribution is -2.51. The zero-order valence-corrected chi connectivity index (χ0v) is 25.5. The second kappa shape index (κ2) is 10.7. The van der Waals surface area contributed by atoms with Crippen LogP contribution in [0.5, 0.6) is 11.8 Å². The van der Waals surface area contributed by atoms with Crippen LogP contribution in [0, 0.1) is 11.2 Å². The second-order valence-corrected chi connectivity index (χ2v) is 13.9. The molecule has 0 amide bonds. The number of pyridine rings is 1. The lowest BCUT2D eigenvalue weighted by atomic mass is 9.94. The Balaban J connectivity index is 1.13. The number of rotatable bonds is 7. The molecule has 2 bridgehead atoms. The van der Waals surface area contributed by atoms with E-state index in [2.05, 4.69) is 21.2 Å². The van der Waals surface area contributed by atoms with Crippen molar-refractivity contribution in [2.45, 2.75) is 57.0 Å². The molecule has 3 aliphatic heterocycles. The summed E-state index contributed by atoms with van der Waals surface area (Å²) in [5.41, 5.74) is 3.61. The number of aryl methyl sites for hydroxylation is 2. The number of nitrogens with one attached hydrogen (secondary N) is 1. The molecule has 2 aliphatic carbocycles. The van der Waals surface area contributed by atoms with Gasteiger partial charge >= 0.3 is 6.01 Å². The number of aromatic nitrogens is 3. The van der Waals surface area contributed by atoms with E-state index in [9.17, 15) is 5.11 Å². The summed E-state index contributed by atoms with van der Waals surface area (Å²) < 4.78 is 28.8. The van der Waals surface area contributed by atoms with Crippen LogP contribution in [-0.4, -0.2) is 89.6 Å². The first-order valence-electron chi connectivity index (χ1n) is 16.6. The highest BCUT2D eigenvalue weighted by Gasteiger charge is 2.45. The van der Waals surface area contributed by atoms with Crippen LogP contribution in [0.15, 0.2) is 30.5 Å². The molecule has 4 aromatic rings. The number of halogens is 1. The van der Waals surface area contributed by atoms with Crippen molar-refractivity contribution in [1.82, 2.24) is 25.2 Å². The van der Waals surface area contributed by atoms with Gasteiger partial charge in [-0.05, 0) is 79.0 Å². The van der Waals surface area contributed by atoms with Crippen molar-refractivity contribution < 1.29 is 19.0 Å². The summed E-state index contributed by atoms with van der Waals surface area (Å²) in [4.78, 5) is 19.1. The molecule has 9 rings (SSSR count). The number of anilines is 1. The van der Waals surface area contributed by atoms with Crippen molar-refractivity contribution in [1.29, 1.82) is 0 Å². The Bertz CT molecular complexity index is 1790. The van der Waals surface area contributed by atoms with E-state index in [4.69, 9.17) is 24.4 Å². The van der Waals surface area contributed by atoms with Crippen LogP contribution < -0.4 is 15.0 Å². The number of aromatic hydroxyl groups is 1. The highest BCUT2D eigenvalue weighted by molar-refractivity contribution is 6.02. The van der Waals surface area contributed by atoms with Crippen molar-refractivity contribution in [3.8, 4) is 23.0 Å². The van der Waals surface area contributed by atoms with Crippen LogP contribution in [0.4, 0.5) is 10.2 Å². The molecule has 0 spiro atoms. The van der Waals surface area contributed by atoms with Crippen LogP contribution in [0.25, 0.3) is 32.9 Å². The van der Waals surface area contributed by atoms with Crippen LogP contribution in [-0.2, 0) is 17.6 Å². The number of phenolic OH excluding ortho intramolecular Hbond substituents is 1. The zero-order valence-electron chi connectivity index (χ0n) is 25.5. The topological polar surface area (TPSA) is 95.9 Å². The normalized spacial score (nSPS) is 24.0. The molecular formula is C35H39FN6O3. The fourth-order valence-electron chi connectivity index (χ4n) is 8.19. The molecule has 234 valence electrons. The lowest BCUT2D eigenvalue weighted by Gasteiger charge is -2.34. The zero-order chi connectivity index (χ0) is 30.1. The summed E-state index contributed by atoms with van der Waals surface area (Å²) in [5.74, 6) is 0.275. The van der Waals surface area contributed by atoms with Crippen LogP contribution in [0.1, 0.15) is 43.2 Å². The molecule has 2 aromatic heterocycles. The van der Waals surface area contributed by atoms with Gasteiger partial charge in [-0.2, -0.15) is 9.97 Å². The van der Waals surface area contributed by atoms with Gasteiger partial charge in [0.25, 0.3) is 0 Å². The van der Waals surface area contributed by atoms with Gasteiger partial charge in [0.15, 0.2) is 5.82 Å². The number of ether oxygens (including phenoxy) is 2. The van der Waals surface area contributed by atoms with Crippen molar-refractivity contribution in [2.24, 2.45) is 5.41 Å². The fraction of sp³-hybridized carbons (Fsp3) is 0.514. The average molecular weight is 611 g/mol. The monoisotopic (exact) mass is 610 g/mol. The summed E-state index contributed by atoms with van der Waals surface area (Å²) in [6.45, 7) is 6.50. The van der Waals surface area contributed by atoms with E-state index in [1.165, 1.54) is 11.1 Å². The minimum Gasteiger partial charge on any atom is -0.508 e. The molecule has 0 unspecified atom stereocenters. The Labute approximate surface area is 261 Å². The molecule has 9 nitrogen and oxygen atoms in total. The summed E-state index contributed by atoms with van der Waals surface area (Å²) in [6.07, 6.45) is 9.19. The number of morpholine rings is 1. The van der Waals surface area contributed by atoms with E-state index >= 15 is 4.39 Å². The SMILES string of the molecule is Oc1cc(-c2ncc3c(N4C[C@H]5CC[C@@H](C4)N5)nc(OCC4(CN5CCOCC5)CC4)nc3c2F)c2c3c(ccc2c1)CCC3. The molecule has 1 saturated carbocycles. The third kappa shape index (κ3) is 4.98. The third-order valence-electron chi connectivity index (χ3n) is 10.7. The largest absolute Gasteiger partial charge is 0.508 e. The quantitative estimate of drug-likeness (QED) is 0.311. The Kier molecular flexibility index (Phi) is 6.61. The summed E-state index contributed by atoms with van der Waals surface area (Å²) >= 11 is 0. The van der Waals surface area contributed by atoms with Crippen molar-refractivity contribution in [2.75, 3.05) is 57.4 Å². The van der Waals surface area contributed by atoms with Crippen molar-refractivity contribution in [3.05, 3.63) is 47.4 Å². The molecule has 2 atom stereocenters. The number of nitrogens with zero attached hydrogens (tertiary/aromatic N) is 5. The predicted octanol–water partition coefficient (Wildman–Crippen LogP) is 4.61. The lowest BCUT2D eigenvalue weighted by molar-refractivity contribution is 0.0231. The Morgan fingerprint density at radius 1 is 1.07 bits per heavy atom. The van der Waals surface area contributed by atoms with E-state index < -0.39 is 5.82 Å². The van der Waals surface area contributed by atoms with E-state index in [1.807, 2.05) is 6.07 Å². The molecule has 2 N–H and O–H groups in total. The van der Waals surface area contributed by atoms with Gasteiger partial charge in [-0.15, -0.1) is 0 Å². The van der Waals surface area contributed by atoms with Crippen LogP contribution >= 0.6 is 0 Å². The summed E-state index contributed by atoms with van der Waals surface area (Å²) in [7, 11) is 0. The number of hydrogen-bond donors (Lipinski definition) is 2. The Hall–Kier alpha value is -3.60. The molecule has 4 fully saturated rings. The number of phenols is 1. The minimum absolute atomic E-state index is 0.0762. The molecule has 5 aliphatic rings. The number of hydrogen-bond acceptors (Lipinski definition) is 9. The van der Waals surface area contributed by atoms with E-state index in [1.54, 1.807) is 18.3 Å². The molecule has 2 aromatic carbocycles. The Morgan fingerprint density at radius 3 is 2.69 bits per heavy atom. The van der Waals surface area contributed by atoms with Crippen molar-refractivity contribution in [3.63, 3.8) is 0 Å². The van der Waals surface area contributed by atoms with Gasteiger partial charge in [-0.25, -0.2) is 4.39 Å². The van der Waals surface area contributed by atoms with E-state index in [-0.39, 0.29) is 28.4 Å². The third-order valence-corrected chi connectivity index (χ3v) is 10.7. The van der Waals surface area contributed by atoms with Gasteiger partial charge < -0.3 is 24.8 Å². The first kappa shape index (κ1) is 27.7. The number of fused-ring (bicyclic) bond motifs is 6. The molecule has 5 heterocycles. The van der Waals surface area contributed by atoms with Gasteiger partial charge in [0.05, 0.1) is 25.2 Å². The predicted molar refractivity (Wildman–Crippen MR) is 171 cm³/mol. The van der Waals surface area contributed by atoms with Crippen LogP contribution in [0.2, 0.25) is 0 Å². The van der Waals surface area contributed by atoms with Gasteiger partial charge in [-0.1, -0.05) is 12.1 Å². The molecule has 3 saturated heterocycles. The van der Waals surface area contributed by atoms with Crippen molar-refractivity contribution >= 4 is 27.5 Å². The maximum Gasteiger partial charge on any atom is 0.319 e. The number of piperazine rings is 1. The fourth-order valence-corrected chi connectivity index (χ4v) is 8.19.